The zero-order valence-corrected chi connectivity index (χ0v) is 12.7. The van der Waals surface area contributed by atoms with E-state index >= 15 is 0 Å². The van der Waals surface area contributed by atoms with Crippen LogP contribution in [0.25, 0.3) is 0 Å². The van der Waals surface area contributed by atoms with Gasteiger partial charge in [-0.2, -0.15) is 0 Å². The van der Waals surface area contributed by atoms with E-state index in [1.54, 1.807) is 0 Å². The predicted octanol–water partition coefficient (Wildman–Crippen LogP) is 5.02. The van der Waals surface area contributed by atoms with E-state index in [1.807, 2.05) is 31.2 Å². The lowest BCUT2D eigenvalue weighted by Gasteiger charge is -2.29. The molecule has 1 aromatic carbocycles. The number of benzene rings is 1. The van der Waals surface area contributed by atoms with Gasteiger partial charge in [-0.15, -0.1) is 0 Å². The molecule has 1 fully saturated rings. The number of halogens is 1. The topological polar surface area (TPSA) is 20.2 Å². The molecule has 1 atom stereocenters. The molecule has 1 nitrogen and oxygen atoms in total. The van der Waals surface area contributed by atoms with Crippen LogP contribution in [-0.2, 0) is 5.60 Å². The van der Waals surface area contributed by atoms with E-state index in [1.165, 1.54) is 32.1 Å². The van der Waals surface area contributed by atoms with Crippen molar-refractivity contribution in [1.29, 1.82) is 0 Å². The van der Waals surface area contributed by atoms with Gasteiger partial charge in [0, 0.05) is 4.47 Å². The molecule has 0 spiro atoms. The van der Waals surface area contributed by atoms with Gasteiger partial charge in [-0.1, -0.05) is 66.2 Å². The molecule has 1 aliphatic carbocycles. The van der Waals surface area contributed by atoms with E-state index in [2.05, 4.69) is 15.9 Å². The number of hydrogen-bond acceptors (Lipinski definition) is 1. The number of hydrogen-bond donors (Lipinski definition) is 1. The minimum Gasteiger partial charge on any atom is -0.385 e. The van der Waals surface area contributed by atoms with Crippen LogP contribution in [0, 0.1) is 5.92 Å². The Hall–Kier alpha value is -0.340. The molecular formula is C16H23BrO. The molecule has 1 unspecified atom stereocenters. The van der Waals surface area contributed by atoms with Gasteiger partial charge in [0.15, 0.2) is 0 Å². The lowest BCUT2D eigenvalue weighted by molar-refractivity contribution is 0.0380. The van der Waals surface area contributed by atoms with E-state index < -0.39 is 5.60 Å². The Bertz CT molecular complexity index is 380. The van der Waals surface area contributed by atoms with E-state index in [9.17, 15) is 5.11 Å². The largest absolute Gasteiger partial charge is 0.385 e. The van der Waals surface area contributed by atoms with Crippen LogP contribution in [0.15, 0.2) is 28.7 Å². The predicted molar refractivity (Wildman–Crippen MR) is 79.5 cm³/mol. The first-order valence-corrected chi connectivity index (χ1v) is 7.86. The summed E-state index contributed by atoms with van der Waals surface area (Å²) in [6.07, 6.45) is 8.87. The normalized spacial score (nSPS) is 20.6. The van der Waals surface area contributed by atoms with Crippen LogP contribution in [0.5, 0.6) is 0 Å². The highest BCUT2D eigenvalue weighted by Gasteiger charge is 2.26. The smallest absolute Gasteiger partial charge is 0.0879 e. The SMILES string of the molecule is CC(O)(CCC1CCCCC1)c1ccccc1Br. The van der Waals surface area contributed by atoms with Crippen molar-refractivity contribution in [3.05, 3.63) is 34.3 Å². The highest BCUT2D eigenvalue weighted by Crippen LogP contribution is 2.35. The van der Waals surface area contributed by atoms with Crippen molar-refractivity contribution >= 4 is 15.9 Å². The van der Waals surface area contributed by atoms with Crippen molar-refractivity contribution in [2.75, 3.05) is 0 Å². The van der Waals surface area contributed by atoms with E-state index in [4.69, 9.17) is 0 Å². The van der Waals surface area contributed by atoms with Crippen LogP contribution >= 0.6 is 15.9 Å². The van der Waals surface area contributed by atoms with Crippen molar-refractivity contribution in [3.8, 4) is 0 Å². The molecule has 2 rings (SSSR count). The third-order valence-corrected chi connectivity index (χ3v) is 4.91. The maximum absolute atomic E-state index is 10.7. The van der Waals surface area contributed by atoms with E-state index in [0.29, 0.717) is 0 Å². The number of aliphatic hydroxyl groups is 1. The molecule has 1 N–H and O–H groups in total. The second-order valence-electron chi connectivity index (χ2n) is 5.80. The van der Waals surface area contributed by atoms with Gasteiger partial charge in [0.1, 0.15) is 0 Å². The first-order chi connectivity index (χ1) is 8.59. The zero-order valence-electron chi connectivity index (χ0n) is 11.2. The Morgan fingerprint density at radius 3 is 2.56 bits per heavy atom. The maximum Gasteiger partial charge on any atom is 0.0879 e. The summed E-state index contributed by atoms with van der Waals surface area (Å²) in [4.78, 5) is 0. The van der Waals surface area contributed by atoms with Gasteiger partial charge in [-0.05, 0) is 37.3 Å². The monoisotopic (exact) mass is 310 g/mol. The van der Waals surface area contributed by atoms with Crippen molar-refractivity contribution in [1.82, 2.24) is 0 Å². The van der Waals surface area contributed by atoms with Gasteiger partial charge in [-0.25, -0.2) is 0 Å². The first-order valence-electron chi connectivity index (χ1n) is 7.07. The van der Waals surface area contributed by atoms with Gasteiger partial charge < -0.3 is 5.11 Å². The summed E-state index contributed by atoms with van der Waals surface area (Å²) < 4.78 is 1.01. The molecule has 0 aromatic heterocycles. The van der Waals surface area contributed by atoms with Gasteiger partial charge >= 0.3 is 0 Å². The lowest BCUT2D eigenvalue weighted by atomic mass is 9.81. The third kappa shape index (κ3) is 3.58. The van der Waals surface area contributed by atoms with Crippen LogP contribution in [0.4, 0.5) is 0 Å². The fourth-order valence-electron chi connectivity index (χ4n) is 2.99. The van der Waals surface area contributed by atoms with Crippen LogP contribution < -0.4 is 0 Å². The van der Waals surface area contributed by atoms with Gasteiger partial charge in [0.05, 0.1) is 5.60 Å². The Labute approximate surface area is 119 Å². The van der Waals surface area contributed by atoms with Crippen molar-refractivity contribution in [2.45, 2.75) is 57.5 Å². The van der Waals surface area contributed by atoms with Crippen molar-refractivity contribution in [2.24, 2.45) is 5.92 Å². The highest BCUT2D eigenvalue weighted by molar-refractivity contribution is 9.10. The van der Waals surface area contributed by atoms with Crippen molar-refractivity contribution in [3.63, 3.8) is 0 Å². The molecule has 0 bridgehead atoms. The molecule has 2 heteroatoms. The highest BCUT2D eigenvalue weighted by atomic mass is 79.9. The van der Waals surface area contributed by atoms with Gasteiger partial charge in [-0.3, -0.25) is 0 Å². The molecule has 0 amide bonds. The Morgan fingerprint density at radius 2 is 1.89 bits per heavy atom. The van der Waals surface area contributed by atoms with Gasteiger partial charge in [0.2, 0.25) is 0 Å². The summed E-state index contributed by atoms with van der Waals surface area (Å²) in [6.45, 7) is 1.94. The Balaban J connectivity index is 1.96. The van der Waals surface area contributed by atoms with E-state index in [0.717, 1.165) is 28.8 Å². The van der Waals surface area contributed by atoms with Gasteiger partial charge in [0.25, 0.3) is 0 Å². The summed E-state index contributed by atoms with van der Waals surface area (Å²) in [5.41, 5.74) is 0.304. The van der Waals surface area contributed by atoms with Crippen LogP contribution in [-0.4, -0.2) is 5.11 Å². The molecule has 0 radical (unpaired) electrons. The second-order valence-corrected chi connectivity index (χ2v) is 6.65. The van der Waals surface area contributed by atoms with Crippen LogP contribution in [0.3, 0.4) is 0 Å². The quantitative estimate of drug-likeness (QED) is 0.828. The summed E-state index contributed by atoms with van der Waals surface area (Å²) in [5.74, 6) is 0.827. The standard InChI is InChI=1S/C16H23BrO/c1-16(18,14-9-5-6-10-15(14)17)12-11-13-7-3-2-4-8-13/h5-6,9-10,13,18H,2-4,7-8,11-12H2,1H3. The zero-order chi connectivity index (χ0) is 13.0. The Kier molecular flexibility index (Phi) is 4.85. The molecule has 100 valence electrons. The first kappa shape index (κ1) is 14.1. The Morgan fingerprint density at radius 1 is 1.22 bits per heavy atom. The molecular weight excluding hydrogens is 288 g/mol. The summed E-state index contributed by atoms with van der Waals surface area (Å²) in [5, 5.41) is 10.7. The fourth-order valence-corrected chi connectivity index (χ4v) is 3.71. The summed E-state index contributed by atoms with van der Waals surface area (Å²) >= 11 is 3.54. The minimum absolute atomic E-state index is 0.711. The molecule has 0 heterocycles. The number of rotatable bonds is 4. The lowest BCUT2D eigenvalue weighted by Crippen LogP contribution is -2.23. The van der Waals surface area contributed by atoms with Crippen molar-refractivity contribution < 1.29 is 5.11 Å². The summed E-state index contributed by atoms with van der Waals surface area (Å²) in [6, 6.07) is 8.01. The maximum atomic E-state index is 10.7. The second kappa shape index (κ2) is 6.21. The van der Waals surface area contributed by atoms with E-state index in [-0.39, 0.29) is 0 Å². The molecule has 0 saturated heterocycles. The van der Waals surface area contributed by atoms with Crippen LogP contribution in [0.1, 0.15) is 57.4 Å². The third-order valence-electron chi connectivity index (χ3n) is 4.22. The molecule has 1 aromatic rings. The molecule has 1 aliphatic rings. The molecule has 18 heavy (non-hydrogen) atoms. The summed E-state index contributed by atoms with van der Waals surface area (Å²) in [7, 11) is 0. The average molecular weight is 311 g/mol. The molecule has 1 saturated carbocycles. The van der Waals surface area contributed by atoms with Crippen LogP contribution in [0.2, 0.25) is 0 Å². The molecule has 0 aliphatic heterocycles. The minimum atomic E-state index is -0.711. The fraction of sp³-hybridized carbons (Fsp3) is 0.625. The average Bonchev–Trinajstić information content (AvgIpc) is 2.38.